The van der Waals surface area contributed by atoms with Crippen molar-refractivity contribution >= 4 is 34.0 Å². The van der Waals surface area contributed by atoms with Crippen LogP contribution in [0.3, 0.4) is 0 Å². The average Bonchev–Trinajstić information content (AvgIpc) is 3.33. The van der Waals surface area contributed by atoms with Gasteiger partial charge in [-0.1, -0.05) is 47.7 Å². The van der Waals surface area contributed by atoms with Crippen molar-refractivity contribution < 1.29 is 4.79 Å². The first-order valence-corrected chi connectivity index (χ1v) is 12.0. The van der Waals surface area contributed by atoms with Gasteiger partial charge in [0.2, 0.25) is 5.91 Å². The largest absolute Gasteiger partial charge is 0.316 e. The smallest absolute Gasteiger partial charge is 0.235 e. The molecule has 158 valence electrons. The molecule has 1 aromatic carbocycles. The zero-order valence-corrected chi connectivity index (χ0v) is 19.0. The van der Waals surface area contributed by atoms with E-state index in [1.54, 1.807) is 17.4 Å². The van der Waals surface area contributed by atoms with Gasteiger partial charge >= 0.3 is 0 Å². The van der Waals surface area contributed by atoms with Crippen molar-refractivity contribution in [1.82, 2.24) is 14.8 Å². The Morgan fingerprint density at radius 2 is 2.10 bits per heavy atom. The minimum absolute atomic E-state index is 0.148. The number of rotatable bonds is 7. The molecule has 3 aromatic rings. The van der Waals surface area contributed by atoms with Crippen LogP contribution in [0.25, 0.3) is 11.4 Å². The fraction of sp³-hybridized carbons (Fsp3) is 0.304. The van der Waals surface area contributed by atoms with Gasteiger partial charge in [-0.05, 0) is 38.2 Å². The second-order valence-corrected chi connectivity index (χ2v) is 9.48. The van der Waals surface area contributed by atoms with E-state index in [1.807, 2.05) is 35.8 Å². The van der Waals surface area contributed by atoms with Crippen LogP contribution in [-0.2, 0) is 24.2 Å². The lowest BCUT2D eigenvalue weighted by atomic mass is 9.96. The highest BCUT2D eigenvalue weighted by Crippen LogP contribution is 2.37. The Balaban J connectivity index is 1.48. The fourth-order valence-electron chi connectivity index (χ4n) is 3.67. The molecule has 0 saturated carbocycles. The number of aryl methyl sites for hydroxylation is 2. The molecule has 31 heavy (non-hydrogen) atoms. The lowest BCUT2D eigenvalue weighted by Gasteiger charge is -2.09. The van der Waals surface area contributed by atoms with Crippen molar-refractivity contribution in [2.75, 3.05) is 11.1 Å². The maximum absolute atomic E-state index is 12.6. The number of anilines is 1. The van der Waals surface area contributed by atoms with Gasteiger partial charge in [-0.3, -0.25) is 9.36 Å². The molecule has 0 aliphatic heterocycles. The van der Waals surface area contributed by atoms with Crippen LogP contribution in [0.4, 0.5) is 5.00 Å². The molecular formula is C23H23N5OS2. The SMILES string of the molecule is C=CCn1c(SCC(=O)Nc2sc3c(c2C#N)CCCC3)nnc1-c1ccc(C)cc1. The van der Waals surface area contributed by atoms with E-state index in [4.69, 9.17) is 0 Å². The van der Waals surface area contributed by atoms with Crippen LogP contribution in [0.5, 0.6) is 0 Å². The molecule has 2 aromatic heterocycles. The van der Waals surface area contributed by atoms with Crippen LogP contribution in [0.1, 0.15) is 34.4 Å². The number of benzene rings is 1. The summed E-state index contributed by atoms with van der Waals surface area (Å²) in [5.41, 5.74) is 3.90. The van der Waals surface area contributed by atoms with E-state index in [0.29, 0.717) is 22.3 Å². The summed E-state index contributed by atoms with van der Waals surface area (Å²) >= 11 is 2.87. The number of allylic oxidation sites excluding steroid dienone is 1. The van der Waals surface area contributed by atoms with Crippen LogP contribution in [0, 0.1) is 18.3 Å². The van der Waals surface area contributed by atoms with E-state index in [9.17, 15) is 10.1 Å². The van der Waals surface area contributed by atoms with Crippen molar-refractivity contribution in [3.05, 3.63) is 58.5 Å². The predicted octanol–water partition coefficient (Wildman–Crippen LogP) is 4.98. The number of nitrogens with zero attached hydrogens (tertiary/aromatic N) is 4. The van der Waals surface area contributed by atoms with E-state index in [1.165, 1.54) is 22.2 Å². The first-order valence-electron chi connectivity index (χ1n) is 10.2. The molecule has 1 N–H and O–H groups in total. The number of thioether (sulfide) groups is 1. The molecule has 8 heteroatoms. The molecule has 2 heterocycles. The van der Waals surface area contributed by atoms with Gasteiger partial charge in [-0.2, -0.15) is 5.26 Å². The maximum atomic E-state index is 12.6. The molecule has 6 nitrogen and oxygen atoms in total. The van der Waals surface area contributed by atoms with Gasteiger partial charge < -0.3 is 5.32 Å². The molecule has 0 saturated heterocycles. The number of nitriles is 1. The Labute approximate surface area is 190 Å². The zero-order valence-electron chi connectivity index (χ0n) is 17.4. The van der Waals surface area contributed by atoms with Crippen LogP contribution in [0.15, 0.2) is 42.1 Å². The summed E-state index contributed by atoms with van der Waals surface area (Å²) in [6.45, 7) is 6.43. The molecule has 0 fully saturated rings. The second-order valence-electron chi connectivity index (χ2n) is 7.44. The van der Waals surface area contributed by atoms with Crippen LogP contribution in [0.2, 0.25) is 0 Å². The molecule has 1 amide bonds. The van der Waals surface area contributed by atoms with Crippen LogP contribution < -0.4 is 5.32 Å². The number of aromatic nitrogens is 3. The minimum Gasteiger partial charge on any atom is -0.316 e. The maximum Gasteiger partial charge on any atom is 0.235 e. The number of fused-ring (bicyclic) bond motifs is 1. The highest BCUT2D eigenvalue weighted by molar-refractivity contribution is 7.99. The number of hydrogen-bond acceptors (Lipinski definition) is 6. The summed E-state index contributed by atoms with van der Waals surface area (Å²) in [6, 6.07) is 10.4. The minimum atomic E-state index is -0.148. The van der Waals surface area contributed by atoms with Gasteiger partial charge in [0.1, 0.15) is 11.1 Å². The monoisotopic (exact) mass is 449 g/mol. The molecule has 0 radical (unpaired) electrons. The van der Waals surface area contributed by atoms with Crippen molar-refractivity contribution in [3.8, 4) is 17.5 Å². The number of carbonyl (C=O) groups excluding carboxylic acids is 1. The predicted molar refractivity (Wildman–Crippen MR) is 125 cm³/mol. The first kappa shape index (κ1) is 21.3. The van der Waals surface area contributed by atoms with Crippen LogP contribution in [-0.4, -0.2) is 26.4 Å². The molecule has 4 rings (SSSR count). The van der Waals surface area contributed by atoms with Crippen molar-refractivity contribution in [1.29, 1.82) is 5.26 Å². The molecule has 0 bridgehead atoms. The summed E-state index contributed by atoms with van der Waals surface area (Å²) in [5.74, 6) is 0.794. The Bertz CT molecular complexity index is 1150. The van der Waals surface area contributed by atoms with Crippen molar-refractivity contribution in [2.24, 2.45) is 0 Å². The molecule has 0 spiro atoms. The third kappa shape index (κ3) is 4.58. The Morgan fingerprint density at radius 3 is 2.84 bits per heavy atom. The van der Waals surface area contributed by atoms with Gasteiger partial charge in [0.15, 0.2) is 11.0 Å². The van der Waals surface area contributed by atoms with Crippen molar-refractivity contribution in [2.45, 2.75) is 44.3 Å². The van der Waals surface area contributed by atoms with E-state index in [0.717, 1.165) is 42.6 Å². The Morgan fingerprint density at radius 1 is 1.32 bits per heavy atom. The molecular weight excluding hydrogens is 426 g/mol. The quantitative estimate of drug-likeness (QED) is 0.406. The van der Waals surface area contributed by atoms with Gasteiger partial charge in [0.25, 0.3) is 0 Å². The fourth-order valence-corrected chi connectivity index (χ4v) is 5.67. The van der Waals surface area contributed by atoms with E-state index in [-0.39, 0.29) is 11.7 Å². The Hall–Kier alpha value is -2.89. The lowest BCUT2D eigenvalue weighted by molar-refractivity contribution is -0.113. The normalized spacial score (nSPS) is 12.8. The number of amides is 1. The van der Waals surface area contributed by atoms with Gasteiger partial charge in [-0.15, -0.1) is 28.1 Å². The van der Waals surface area contributed by atoms with Crippen LogP contribution >= 0.6 is 23.1 Å². The topological polar surface area (TPSA) is 83.6 Å². The number of thiophene rings is 1. The number of carbonyl (C=O) groups is 1. The average molecular weight is 450 g/mol. The third-order valence-corrected chi connectivity index (χ3v) is 7.38. The lowest BCUT2D eigenvalue weighted by Crippen LogP contribution is -2.14. The van der Waals surface area contributed by atoms with Gasteiger partial charge in [0.05, 0.1) is 11.3 Å². The summed E-state index contributed by atoms with van der Waals surface area (Å²) < 4.78 is 1.96. The standard InChI is InChI=1S/C23H23N5OS2/c1-3-12-28-21(16-10-8-15(2)9-11-16)26-27-23(28)30-14-20(29)25-22-18(13-24)17-6-4-5-7-19(17)31-22/h3,8-11H,1,4-7,12,14H2,2H3,(H,25,29). The summed E-state index contributed by atoms with van der Waals surface area (Å²) in [6.07, 6.45) is 5.95. The number of nitrogens with one attached hydrogen (secondary N) is 1. The highest BCUT2D eigenvalue weighted by Gasteiger charge is 2.22. The molecule has 0 unspecified atom stereocenters. The van der Waals surface area contributed by atoms with E-state index >= 15 is 0 Å². The summed E-state index contributed by atoms with van der Waals surface area (Å²) in [5, 5.41) is 22.5. The summed E-state index contributed by atoms with van der Waals surface area (Å²) in [4.78, 5) is 13.9. The first-order chi connectivity index (χ1) is 15.1. The van der Waals surface area contributed by atoms with E-state index < -0.39 is 0 Å². The van der Waals surface area contributed by atoms with Crippen molar-refractivity contribution in [3.63, 3.8) is 0 Å². The molecule has 1 aliphatic carbocycles. The zero-order chi connectivity index (χ0) is 21.8. The second kappa shape index (κ2) is 9.50. The summed E-state index contributed by atoms with van der Waals surface area (Å²) in [7, 11) is 0. The molecule has 1 aliphatic rings. The van der Waals surface area contributed by atoms with Gasteiger partial charge in [0, 0.05) is 17.0 Å². The van der Waals surface area contributed by atoms with Gasteiger partial charge in [-0.25, -0.2) is 0 Å². The Kier molecular flexibility index (Phi) is 6.54. The van der Waals surface area contributed by atoms with E-state index in [2.05, 4.69) is 28.2 Å². The third-order valence-electron chi connectivity index (χ3n) is 5.21. The molecule has 0 atom stereocenters. The highest BCUT2D eigenvalue weighted by atomic mass is 32.2. The number of hydrogen-bond donors (Lipinski definition) is 1.